The van der Waals surface area contributed by atoms with Crippen LogP contribution in [0.5, 0.6) is 0 Å². The van der Waals surface area contributed by atoms with Crippen LogP contribution in [0.2, 0.25) is 0 Å². The van der Waals surface area contributed by atoms with Crippen LogP contribution in [0.3, 0.4) is 0 Å². The molecule has 0 fully saturated rings. The maximum atomic E-state index is 5.30. The zero-order valence-corrected chi connectivity index (χ0v) is 9.85. The summed E-state index contributed by atoms with van der Waals surface area (Å²) in [4.78, 5) is 0. The summed E-state index contributed by atoms with van der Waals surface area (Å²) in [7, 11) is 2.32. The molecule has 0 saturated heterocycles. The van der Waals surface area contributed by atoms with Gasteiger partial charge in [0.2, 0.25) is 0 Å². The molecule has 38 valence electrons. The van der Waals surface area contributed by atoms with Crippen molar-refractivity contribution in [3.63, 3.8) is 0 Å². The monoisotopic (exact) mass is 136 g/mol. The second-order valence-corrected chi connectivity index (χ2v) is 20.6. The zero-order chi connectivity index (χ0) is 4.99. The summed E-state index contributed by atoms with van der Waals surface area (Å²) in [6, 6.07) is 0. The topological polar surface area (TPSA) is 9.23 Å². The fourth-order valence-electron chi connectivity index (χ4n) is 0.333. The lowest BCUT2D eigenvalue weighted by Crippen LogP contribution is -2.18. The normalized spacial score (nSPS) is 15.5. The van der Waals surface area contributed by atoms with Crippen LogP contribution in [-0.2, 0) is 4.43 Å². The Hall–Kier alpha value is 0.611. The Morgan fingerprint density at radius 3 is 2.17 bits per heavy atom. The lowest BCUT2D eigenvalue weighted by molar-refractivity contribution is 0.365. The first-order valence-corrected chi connectivity index (χ1v) is 12.1. The molecule has 0 spiro atoms. The van der Waals surface area contributed by atoms with Gasteiger partial charge in [0.05, 0.1) is 0 Å². The van der Waals surface area contributed by atoms with Gasteiger partial charge in [-0.3, -0.25) is 0 Å². The Balaban J connectivity index is 2.63. The van der Waals surface area contributed by atoms with E-state index in [9.17, 15) is 0 Å². The van der Waals surface area contributed by atoms with Crippen molar-refractivity contribution in [1.29, 1.82) is 0 Å². The molecule has 0 aromatic rings. The Kier molecular flexibility index (Phi) is 4.17. The summed E-state index contributed by atoms with van der Waals surface area (Å²) in [5.74, 6) is 0. The fraction of sp³-hybridized carbons (Fsp3) is 1.00. The van der Waals surface area contributed by atoms with E-state index in [0.29, 0.717) is 0 Å². The Morgan fingerprint density at radius 1 is 1.67 bits per heavy atom. The van der Waals surface area contributed by atoms with Crippen LogP contribution in [0.4, 0.5) is 0 Å². The van der Waals surface area contributed by atoms with Crippen molar-refractivity contribution < 1.29 is 4.43 Å². The highest BCUT2D eigenvalue weighted by atomic mass is 29.5. The lowest BCUT2D eigenvalue weighted by atomic mass is 10.9. The van der Waals surface area contributed by atoms with E-state index in [4.69, 9.17) is 4.43 Å². The van der Waals surface area contributed by atoms with E-state index >= 15 is 0 Å². The van der Waals surface area contributed by atoms with Gasteiger partial charge in [0.1, 0.15) is 8.08 Å². The van der Waals surface area contributed by atoms with Crippen LogP contribution in [0, 0.1) is 0 Å². The maximum absolute atomic E-state index is 5.30. The highest BCUT2D eigenvalue weighted by Crippen LogP contribution is 1.68. The van der Waals surface area contributed by atoms with E-state index in [1.54, 1.807) is 0 Å². The Morgan fingerprint density at radius 2 is 2.17 bits per heavy atom. The third-order valence-corrected chi connectivity index (χ3v) is 3.50. The molecule has 0 aromatic heterocycles. The molecule has 4 heteroatoms. The van der Waals surface area contributed by atoms with Crippen LogP contribution in [0.25, 0.3) is 0 Å². The average molecular weight is 136 g/mol. The van der Waals surface area contributed by atoms with Crippen molar-refractivity contribution in [2.75, 3.05) is 6.61 Å². The van der Waals surface area contributed by atoms with Crippen LogP contribution < -0.4 is 0 Å². The minimum atomic E-state index is -0.393. The minimum Gasteiger partial charge on any atom is -0.429 e. The molecule has 0 aromatic carbocycles. The predicted molar refractivity (Wildman–Crippen MR) is 38.7 cm³/mol. The van der Waals surface area contributed by atoms with E-state index in [1.165, 1.54) is 19.5 Å². The summed E-state index contributed by atoms with van der Waals surface area (Å²) < 4.78 is 5.30. The van der Waals surface area contributed by atoms with Crippen LogP contribution in [0.1, 0.15) is 6.92 Å². The Labute approximate surface area is 46.2 Å². The molecule has 0 aliphatic heterocycles. The Bertz CT molecular complexity index is 30.0. The molecule has 0 aliphatic carbocycles. The fourth-order valence-corrected chi connectivity index (χ4v) is 3.00. The second-order valence-electron chi connectivity index (χ2n) is 1.50. The quantitative estimate of drug-likeness (QED) is 0.381. The van der Waals surface area contributed by atoms with Crippen molar-refractivity contribution in [2.24, 2.45) is 0 Å². The van der Waals surface area contributed by atoms with Gasteiger partial charge in [-0.25, -0.2) is 0 Å². The van der Waals surface area contributed by atoms with E-state index in [0.717, 1.165) is 6.61 Å². The number of rotatable bonds is 2. The van der Waals surface area contributed by atoms with Gasteiger partial charge in [-0.2, -0.15) is 0 Å². The minimum absolute atomic E-state index is 0.393. The molecular weight excluding hydrogens is 124 g/mol. The summed E-state index contributed by atoms with van der Waals surface area (Å²) in [6.07, 6.45) is 0. The molecule has 0 saturated carbocycles. The molecule has 1 nitrogen and oxygen atoms in total. The van der Waals surface area contributed by atoms with Gasteiger partial charge in [0.25, 0.3) is 0 Å². The lowest BCUT2D eigenvalue weighted by Gasteiger charge is -1.98. The molecule has 0 aliphatic rings. The standard InChI is InChI=1S/C2H12OSi3/c1-2-3-6(4)5/h6H,2H2,1,4-5H3. The smallest absolute Gasteiger partial charge is 0.133 e. The van der Waals surface area contributed by atoms with Crippen molar-refractivity contribution in [1.82, 2.24) is 0 Å². The van der Waals surface area contributed by atoms with Crippen molar-refractivity contribution in [2.45, 2.75) is 6.92 Å². The third-order valence-electron chi connectivity index (χ3n) is 0.500. The summed E-state index contributed by atoms with van der Waals surface area (Å²) >= 11 is 0. The molecular formula is C2H12OSi3. The van der Waals surface area contributed by atoms with Crippen LogP contribution >= 0.6 is 0 Å². The largest absolute Gasteiger partial charge is 0.429 e. The molecule has 0 N–H and O–H groups in total. The molecule has 0 bridgehead atoms. The van der Waals surface area contributed by atoms with Gasteiger partial charge < -0.3 is 4.43 Å². The van der Waals surface area contributed by atoms with Gasteiger partial charge in [-0.05, 0) is 6.92 Å². The zero-order valence-electron chi connectivity index (χ0n) is 4.69. The third kappa shape index (κ3) is 4.61. The van der Waals surface area contributed by atoms with Gasteiger partial charge in [0.15, 0.2) is 0 Å². The average Bonchev–Trinajstić information content (AvgIpc) is 1.35. The van der Waals surface area contributed by atoms with Gasteiger partial charge in [0, 0.05) is 26.1 Å². The van der Waals surface area contributed by atoms with E-state index in [2.05, 4.69) is 6.92 Å². The predicted octanol–water partition coefficient (Wildman–Crippen LogP) is -2.53. The first-order chi connectivity index (χ1) is 2.77. The molecule has 0 amide bonds. The highest BCUT2D eigenvalue weighted by Gasteiger charge is 1.87. The van der Waals surface area contributed by atoms with Gasteiger partial charge in [-0.15, -0.1) is 0 Å². The first-order valence-electron chi connectivity index (χ1n) is 2.39. The van der Waals surface area contributed by atoms with E-state index in [1.807, 2.05) is 0 Å². The SMILES string of the molecule is CCO[SiH]([SiH3])[SiH3]. The van der Waals surface area contributed by atoms with Crippen LogP contribution in [-0.4, -0.2) is 34.2 Å². The molecule has 0 atom stereocenters. The number of hydrogen-bond acceptors (Lipinski definition) is 1. The highest BCUT2D eigenvalue weighted by molar-refractivity contribution is 7.26. The molecule has 0 heterocycles. The maximum Gasteiger partial charge on any atom is 0.133 e. The summed E-state index contributed by atoms with van der Waals surface area (Å²) in [6.45, 7) is 3.04. The molecule has 0 rings (SSSR count). The van der Waals surface area contributed by atoms with E-state index in [-0.39, 0.29) is 0 Å². The van der Waals surface area contributed by atoms with E-state index < -0.39 is 8.08 Å². The van der Waals surface area contributed by atoms with Crippen LogP contribution in [0.15, 0.2) is 0 Å². The van der Waals surface area contributed by atoms with Gasteiger partial charge in [-0.1, -0.05) is 0 Å². The number of hydrogen-bond donors (Lipinski definition) is 0. The second kappa shape index (κ2) is 3.79. The summed E-state index contributed by atoms with van der Waals surface area (Å²) in [5.41, 5.74) is 0. The first kappa shape index (κ1) is 6.61. The molecule has 6 heavy (non-hydrogen) atoms. The molecule has 0 unspecified atom stereocenters. The van der Waals surface area contributed by atoms with Crippen molar-refractivity contribution >= 4 is 27.6 Å². The van der Waals surface area contributed by atoms with Crippen molar-refractivity contribution in [3.05, 3.63) is 0 Å². The summed E-state index contributed by atoms with van der Waals surface area (Å²) in [5, 5.41) is 0. The molecule has 0 radical (unpaired) electrons. The van der Waals surface area contributed by atoms with Gasteiger partial charge >= 0.3 is 0 Å². The van der Waals surface area contributed by atoms with Crippen molar-refractivity contribution in [3.8, 4) is 0 Å².